The third-order valence-electron chi connectivity index (χ3n) is 3.25. The molecule has 138 valence electrons. The topological polar surface area (TPSA) is 208 Å². The van der Waals surface area contributed by atoms with Crippen LogP contribution in [0, 0.1) is 0 Å². The zero-order chi connectivity index (χ0) is 18.3. The van der Waals surface area contributed by atoms with Gasteiger partial charge in [0.1, 0.15) is 42.7 Å². The van der Waals surface area contributed by atoms with Crippen molar-refractivity contribution < 1.29 is 55.5 Å². The van der Waals surface area contributed by atoms with Crippen molar-refractivity contribution in [1.82, 2.24) is 0 Å². The van der Waals surface area contributed by atoms with Gasteiger partial charge in [-0.25, -0.2) is 0 Å². The Morgan fingerprint density at radius 1 is 0.957 bits per heavy atom. The van der Waals surface area contributed by atoms with Crippen LogP contribution in [0.25, 0.3) is 0 Å². The fraction of sp³-hybridized carbons (Fsp3) is 0.917. The number of aliphatic hydroxyl groups is 9. The number of rotatable bonds is 5. The standard InChI is InChI=1S/C6H12O6.C6H12O5/c7-1-3(9)5(11)6(12)4(10)2-8;1-2-3(7)4(8)5(9)6(10)11-2/h1,3-6,8-12H,2H2;2-10H,1H3/t3-,4+,5+,6+;2-,3-,4+,5-,6+/m01/s1. The van der Waals surface area contributed by atoms with E-state index in [0.717, 1.165) is 0 Å². The van der Waals surface area contributed by atoms with Crippen molar-refractivity contribution in [3.05, 3.63) is 0 Å². The molecule has 0 spiro atoms. The Labute approximate surface area is 131 Å². The summed E-state index contributed by atoms with van der Waals surface area (Å²) in [5.41, 5.74) is 0. The summed E-state index contributed by atoms with van der Waals surface area (Å²) >= 11 is 0. The zero-order valence-corrected chi connectivity index (χ0v) is 12.3. The lowest BCUT2D eigenvalue weighted by Gasteiger charge is -2.36. The highest BCUT2D eigenvalue weighted by Gasteiger charge is 2.40. The fourth-order valence-corrected chi connectivity index (χ4v) is 1.65. The summed E-state index contributed by atoms with van der Waals surface area (Å²) in [6.45, 7) is 0.743. The van der Waals surface area contributed by atoms with Gasteiger partial charge in [-0.05, 0) is 6.92 Å². The van der Waals surface area contributed by atoms with Gasteiger partial charge >= 0.3 is 0 Å². The minimum absolute atomic E-state index is 0.0258. The molecule has 23 heavy (non-hydrogen) atoms. The van der Waals surface area contributed by atoms with Crippen molar-refractivity contribution in [3.8, 4) is 0 Å². The lowest BCUT2D eigenvalue weighted by molar-refractivity contribution is -0.277. The second kappa shape index (κ2) is 10.2. The summed E-state index contributed by atoms with van der Waals surface area (Å²) in [7, 11) is 0. The summed E-state index contributed by atoms with van der Waals surface area (Å²) in [5.74, 6) is 0. The minimum atomic E-state index is -1.79. The first kappa shape index (κ1) is 22.3. The van der Waals surface area contributed by atoms with E-state index in [9.17, 15) is 4.79 Å². The second-order valence-corrected chi connectivity index (χ2v) is 5.06. The van der Waals surface area contributed by atoms with E-state index in [4.69, 9.17) is 46.0 Å². The number of hydrogen-bond acceptors (Lipinski definition) is 11. The molecule has 0 aromatic rings. The Kier molecular flexibility index (Phi) is 9.88. The smallest absolute Gasteiger partial charge is 0.183 e. The first-order chi connectivity index (χ1) is 10.6. The predicted molar refractivity (Wildman–Crippen MR) is 71.8 cm³/mol. The van der Waals surface area contributed by atoms with Crippen LogP contribution in [0.15, 0.2) is 0 Å². The van der Waals surface area contributed by atoms with Crippen molar-refractivity contribution in [2.75, 3.05) is 6.61 Å². The third-order valence-corrected chi connectivity index (χ3v) is 3.25. The molecule has 0 unspecified atom stereocenters. The molecule has 0 bridgehead atoms. The van der Waals surface area contributed by atoms with Gasteiger partial charge in [0.2, 0.25) is 0 Å². The molecule has 11 heteroatoms. The Balaban J connectivity index is 0.000000422. The summed E-state index contributed by atoms with van der Waals surface area (Å²) < 4.78 is 4.68. The maximum Gasteiger partial charge on any atom is 0.183 e. The van der Waals surface area contributed by atoms with E-state index in [2.05, 4.69) is 4.74 Å². The van der Waals surface area contributed by atoms with Gasteiger partial charge in [0.05, 0.1) is 12.7 Å². The molecule has 1 rings (SSSR count). The van der Waals surface area contributed by atoms with Crippen LogP contribution in [0.4, 0.5) is 0 Å². The molecule has 1 aliphatic rings. The molecule has 0 aromatic heterocycles. The monoisotopic (exact) mass is 344 g/mol. The van der Waals surface area contributed by atoms with Gasteiger partial charge in [0.25, 0.3) is 0 Å². The van der Waals surface area contributed by atoms with E-state index in [1.165, 1.54) is 6.92 Å². The van der Waals surface area contributed by atoms with Gasteiger partial charge in [-0.15, -0.1) is 0 Å². The molecule has 1 aliphatic heterocycles. The lowest BCUT2D eigenvalue weighted by Crippen LogP contribution is -2.56. The predicted octanol–water partition coefficient (Wildman–Crippen LogP) is -5.57. The number of aldehydes is 1. The molecule has 0 radical (unpaired) electrons. The maximum absolute atomic E-state index is 9.90. The van der Waals surface area contributed by atoms with Crippen molar-refractivity contribution >= 4 is 6.29 Å². The van der Waals surface area contributed by atoms with Crippen LogP contribution in [-0.4, -0.2) is 114 Å². The Hall–Kier alpha value is -0.730. The second-order valence-electron chi connectivity index (χ2n) is 5.06. The van der Waals surface area contributed by atoms with Gasteiger partial charge in [-0.1, -0.05) is 0 Å². The molecular formula is C12H24O11. The van der Waals surface area contributed by atoms with Crippen molar-refractivity contribution in [2.45, 2.75) is 62.0 Å². The third kappa shape index (κ3) is 6.35. The highest BCUT2D eigenvalue weighted by molar-refractivity contribution is 5.56. The first-order valence-electron chi connectivity index (χ1n) is 6.74. The molecule has 1 heterocycles. The zero-order valence-electron chi connectivity index (χ0n) is 12.3. The molecule has 11 nitrogen and oxygen atoms in total. The van der Waals surface area contributed by atoms with Crippen molar-refractivity contribution in [1.29, 1.82) is 0 Å². The molecule has 1 fully saturated rings. The average Bonchev–Trinajstić information content (AvgIpc) is 2.55. The molecule has 0 aromatic carbocycles. The van der Waals surface area contributed by atoms with Crippen LogP contribution in [-0.2, 0) is 9.53 Å². The number of hydrogen-bond donors (Lipinski definition) is 9. The van der Waals surface area contributed by atoms with Crippen LogP contribution in [0.2, 0.25) is 0 Å². The lowest BCUT2D eigenvalue weighted by atomic mass is 10.0. The maximum atomic E-state index is 9.90. The number of carbonyl (C=O) groups is 1. The summed E-state index contributed by atoms with van der Waals surface area (Å²) in [4.78, 5) is 9.90. The van der Waals surface area contributed by atoms with Crippen molar-refractivity contribution in [2.24, 2.45) is 0 Å². The van der Waals surface area contributed by atoms with Gasteiger partial charge in [0, 0.05) is 0 Å². The van der Waals surface area contributed by atoms with Crippen molar-refractivity contribution in [3.63, 3.8) is 0 Å². The number of ether oxygens (including phenoxy) is 1. The molecular weight excluding hydrogens is 320 g/mol. The molecule has 9 N–H and O–H groups in total. The molecule has 0 amide bonds. The Morgan fingerprint density at radius 3 is 1.91 bits per heavy atom. The van der Waals surface area contributed by atoms with E-state index in [0.29, 0.717) is 0 Å². The molecule has 1 saturated heterocycles. The van der Waals surface area contributed by atoms with Crippen LogP contribution < -0.4 is 0 Å². The quantitative estimate of drug-likeness (QED) is 0.215. The Morgan fingerprint density at radius 2 is 1.48 bits per heavy atom. The summed E-state index contributed by atoms with van der Waals surface area (Å²) in [6, 6.07) is 0. The molecule has 0 aliphatic carbocycles. The van der Waals surface area contributed by atoms with Gasteiger partial charge < -0.3 is 55.5 Å². The van der Waals surface area contributed by atoms with Crippen LogP contribution in [0.3, 0.4) is 0 Å². The summed E-state index contributed by atoms with van der Waals surface area (Å²) in [6.07, 6.45) is -12.8. The largest absolute Gasteiger partial charge is 0.394 e. The van der Waals surface area contributed by atoms with Crippen LogP contribution >= 0.6 is 0 Å². The highest BCUT2D eigenvalue weighted by Crippen LogP contribution is 2.18. The highest BCUT2D eigenvalue weighted by atomic mass is 16.6. The van der Waals surface area contributed by atoms with E-state index < -0.39 is 61.7 Å². The van der Waals surface area contributed by atoms with E-state index in [1.54, 1.807) is 0 Å². The normalized spacial score (nSPS) is 36.2. The summed E-state index contributed by atoms with van der Waals surface area (Å²) in [5, 5.41) is 79.5. The molecule has 9 atom stereocenters. The van der Waals surface area contributed by atoms with E-state index in [1.807, 2.05) is 0 Å². The van der Waals surface area contributed by atoms with E-state index in [-0.39, 0.29) is 6.29 Å². The van der Waals surface area contributed by atoms with Gasteiger partial charge in [0.15, 0.2) is 12.6 Å². The number of carbonyl (C=O) groups excluding carboxylic acids is 1. The Bertz CT molecular complexity index is 327. The van der Waals surface area contributed by atoms with E-state index >= 15 is 0 Å². The first-order valence-corrected chi connectivity index (χ1v) is 6.74. The molecule has 0 saturated carbocycles. The van der Waals surface area contributed by atoms with Gasteiger partial charge in [-0.3, -0.25) is 0 Å². The minimum Gasteiger partial charge on any atom is -0.394 e. The van der Waals surface area contributed by atoms with Gasteiger partial charge in [-0.2, -0.15) is 0 Å². The number of aliphatic hydroxyl groups excluding tert-OH is 9. The van der Waals surface area contributed by atoms with Crippen LogP contribution in [0.1, 0.15) is 6.92 Å². The average molecular weight is 344 g/mol. The fourth-order valence-electron chi connectivity index (χ4n) is 1.65. The SMILES string of the molecule is C[C@H]1O[C@H](O)[C@H](O)[C@@H](O)[C@@H]1O.O=C[C@H](O)[C@@H](O)[C@H](O)[C@H](O)CO. The van der Waals surface area contributed by atoms with Crippen LogP contribution in [0.5, 0.6) is 0 Å².